The Morgan fingerprint density at radius 1 is 0.880 bits per heavy atom. The van der Waals surface area contributed by atoms with Crippen molar-refractivity contribution < 1.29 is 9.84 Å². The van der Waals surface area contributed by atoms with Crippen LogP contribution in [0.1, 0.15) is 75.8 Å². The van der Waals surface area contributed by atoms with Crippen LogP contribution in [0.25, 0.3) is 0 Å². The average molecular weight is 345 g/mol. The molecule has 1 heterocycles. The van der Waals surface area contributed by atoms with Crippen molar-refractivity contribution in [3.63, 3.8) is 0 Å². The summed E-state index contributed by atoms with van der Waals surface area (Å²) in [5.41, 5.74) is 2.35. The average Bonchev–Trinajstić information content (AvgIpc) is 2.68. The van der Waals surface area contributed by atoms with Crippen LogP contribution < -0.4 is 0 Å². The topological polar surface area (TPSA) is 29.5 Å². The molecule has 3 rings (SSSR count). The van der Waals surface area contributed by atoms with E-state index >= 15 is 0 Å². The molecule has 2 heteroatoms. The standard InChI is InChI=1S/C23H36O2/c1-2-3-18-8-11-21(12-9-18)22-13-15-23(25-17-22)14-10-19-4-6-20(16-24)7-5-19/h4-7,18,21-24H,2-3,8-17H2,1H3. The normalized spacial score (nSPS) is 30.3. The molecule has 1 aromatic rings. The molecular formula is C23H36O2. The van der Waals surface area contributed by atoms with Crippen LogP contribution in [0.2, 0.25) is 0 Å². The summed E-state index contributed by atoms with van der Waals surface area (Å²) in [6.07, 6.45) is 13.9. The number of hydrogen-bond acceptors (Lipinski definition) is 2. The van der Waals surface area contributed by atoms with E-state index in [4.69, 9.17) is 9.84 Å². The van der Waals surface area contributed by atoms with E-state index in [0.717, 1.165) is 42.8 Å². The van der Waals surface area contributed by atoms with Gasteiger partial charge in [-0.15, -0.1) is 0 Å². The first-order valence-electron chi connectivity index (χ1n) is 10.6. The number of aliphatic hydroxyl groups excluding tert-OH is 1. The largest absolute Gasteiger partial charge is 0.392 e. The molecule has 1 saturated carbocycles. The first kappa shape index (κ1) is 18.9. The summed E-state index contributed by atoms with van der Waals surface area (Å²) in [6.45, 7) is 3.45. The Morgan fingerprint density at radius 3 is 2.16 bits per heavy atom. The first-order valence-corrected chi connectivity index (χ1v) is 10.6. The van der Waals surface area contributed by atoms with E-state index in [9.17, 15) is 0 Å². The van der Waals surface area contributed by atoms with Crippen LogP contribution in [0.3, 0.4) is 0 Å². The van der Waals surface area contributed by atoms with Crippen molar-refractivity contribution in [1.82, 2.24) is 0 Å². The van der Waals surface area contributed by atoms with E-state index in [2.05, 4.69) is 19.1 Å². The van der Waals surface area contributed by atoms with Crippen molar-refractivity contribution >= 4 is 0 Å². The Labute approximate surface area is 154 Å². The van der Waals surface area contributed by atoms with Crippen molar-refractivity contribution in [3.05, 3.63) is 35.4 Å². The summed E-state index contributed by atoms with van der Waals surface area (Å²) in [6, 6.07) is 8.35. The van der Waals surface area contributed by atoms with Crippen LogP contribution in [0.15, 0.2) is 24.3 Å². The van der Waals surface area contributed by atoms with Crippen LogP contribution in [-0.4, -0.2) is 17.8 Å². The lowest BCUT2D eigenvalue weighted by Crippen LogP contribution is -2.32. The van der Waals surface area contributed by atoms with Gasteiger partial charge in [-0.25, -0.2) is 0 Å². The zero-order valence-electron chi connectivity index (χ0n) is 16.0. The zero-order valence-corrected chi connectivity index (χ0v) is 16.0. The molecule has 1 aliphatic carbocycles. The lowest BCUT2D eigenvalue weighted by atomic mass is 9.73. The third-order valence-electron chi connectivity index (χ3n) is 6.62. The number of benzene rings is 1. The van der Waals surface area contributed by atoms with Gasteiger partial charge in [0.1, 0.15) is 0 Å². The third-order valence-corrected chi connectivity index (χ3v) is 6.62. The number of ether oxygens (including phenoxy) is 1. The number of aliphatic hydroxyl groups is 1. The Kier molecular flexibility index (Phi) is 7.36. The highest BCUT2D eigenvalue weighted by Gasteiger charge is 2.31. The second-order valence-corrected chi connectivity index (χ2v) is 8.38. The van der Waals surface area contributed by atoms with Gasteiger partial charge in [0.15, 0.2) is 0 Å². The van der Waals surface area contributed by atoms with Gasteiger partial charge in [-0.3, -0.25) is 0 Å². The molecule has 1 aliphatic heterocycles. The van der Waals surface area contributed by atoms with E-state index in [0.29, 0.717) is 6.10 Å². The van der Waals surface area contributed by atoms with Gasteiger partial charge in [0, 0.05) is 0 Å². The highest BCUT2D eigenvalue weighted by molar-refractivity contribution is 5.22. The monoisotopic (exact) mass is 344 g/mol. The molecule has 1 saturated heterocycles. The lowest BCUT2D eigenvalue weighted by Gasteiger charge is -2.38. The molecule has 2 nitrogen and oxygen atoms in total. The predicted octanol–water partition coefficient (Wildman–Crippen LogP) is 5.51. The van der Waals surface area contributed by atoms with Gasteiger partial charge in [0.05, 0.1) is 19.3 Å². The maximum atomic E-state index is 9.12. The summed E-state index contributed by atoms with van der Waals surface area (Å²) in [4.78, 5) is 0. The second kappa shape index (κ2) is 9.73. The quantitative estimate of drug-likeness (QED) is 0.706. The van der Waals surface area contributed by atoms with E-state index in [1.54, 1.807) is 0 Å². The van der Waals surface area contributed by atoms with Gasteiger partial charge in [-0.1, -0.05) is 56.9 Å². The van der Waals surface area contributed by atoms with Gasteiger partial charge in [0.25, 0.3) is 0 Å². The maximum Gasteiger partial charge on any atom is 0.0681 e. The van der Waals surface area contributed by atoms with Gasteiger partial charge in [-0.2, -0.15) is 0 Å². The van der Waals surface area contributed by atoms with E-state index in [1.807, 2.05) is 12.1 Å². The van der Waals surface area contributed by atoms with Crippen molar-refractivity contribution in [1.29, 1.82) is 0 Å². The fraction of sp³-hybridized carbons (Fsp3) is 0.739. The molecule has 0 bridgehead atoms. The molecule has 1 N–H and O–H groups in total. The molecule has 0 radical (unpaired) electrons. The van der Waals surface area contributed by atoms with Crippen molar-refractivity contribution in [2.75, 3.05) is 6.61 Å². The number of hydrogen-bond donors (Lipinski definition) is 1. The lowest BCUT2D eigenvalue weighted by molar-refractivity contribution is -0.0418. The van der Waals surface area contributed by atoms with E-state index < -0.39 is 0 Å². The minimum Gasteiger partial charge on any atom is -0.392 e. The van der Waals surface area contributed by atoms with Crippen molar-refractivity contribution in [2.24, 2.45) is 17.8 Å². The fourth-order valence-corrected chi connectivity index (χ4v) is 4.92. The van der Waals surface area contributed by atoms with Gasteiger partial charge < -0.3 is 9.84 Å². The molecule has 0 spiro atoms. The zero-order chi connectivity index (χ0) is 17.5. The highest BCUT2D eigenvalue weighted by atomic mass is 16.5. The maximum absolute atomic E-state index is 9.12. The van der Waals surface area contributed by atoms with Crippen molar-refractivity contribution in [2.45, 2.75) is 83.8 Å². The summed E-state index contributed by atoms with van der Waals surface area (Å²) >= 11 is 0. The molecule has 2 fully saturated rings. The van der Waals surface area contributed by atoms with E-state index in [-0.39, 0.29) is 6.61 Å². The number of rotatable bonds is 7. The molecule has 1 aromatic carbocycles. The third kappa shape index (κ3) is 5.56. The molecular weight excluding hydrogens is 308 g/mol. The van der Waals surface area contributed by atoms with Crippen LogP contribution >= 0.6 is 0 Å². The van der Waals surface area contributed by atoms with Crippen molar-refractivity contribution in [3.8, 4) is 0 Å². The van der Waals surface area contributed by atoms with Crippen LogP contribution in [0.4, 0.5) is 0 Å². The Balaban J connectivity index is 1.36. The number of aryl methyl sites for hydroxylation is 1. The summed E-state index contributed by atoms with van der Waals surface area (Å²) in [7, 11) is 0. The van der Waals surface area contributed by atoms with Gasteiger partial charge >= 0.3 is 0 Å². The Hall–Kier alpha value is -0.860. The molecule has 2 unspecified atom stereocenters. The van der Waals surface area contributed by atoms with Crippen LogP contribution in [-0.2, 0) is 17.8 Å². The molecule has 25 heavy (non-hydrogen) atoms. The molecule has 0 aromatic heterocycles. The summed E-state index contributed by atoms with van der Waals surface area (Å²) in [5.74, 6) is 2.76. The SMILES string of the molecule is CCCC1CCC(C2CCC(CCc3ccc(CO)cc3)OC2)CC1. The second-order valence-electron chi connectivity index (χ2n) is 8.38. The molecule has 2 aliphatic rings. The van der Waals surface area contributed by atoms with Crippen LogP contribution in [0, 0.1) is 17.8 Å². The van der Waals surface area contributed by atoms with Crippen LogP contribution in [0.5, 0.6) is 0 Å². The summed E-state index contributed by atoms with van der Waals surface area (Å²) < 4.78 is 6.24. The van der Waals surface area contributed by atoms with Gasteiger partial charge in [0.2, 0.25) is 0 Å². The Bertz CT molecular complexity index is 479. The predicted molar refractivity (Wildman–Crippen MR) is 104 cm³/mol. The fourth-order valence-electron chi connectivity index (χ4n) is 4.92. The minimum absolute atomic E-state index is 0.133. The highest BCUT2D eigenvalue weighted by Crippen LogP contribution is 2.39. The Morgan fingerprint density at radius 2 is 1.56 bits per heavy atom. The minimum atomic E-state index is 0.133. The van der Waals surface area contributed by atoms with Gasteiger partial charge in [-0.05, 0) is 67.4 Å². The summed E-state index contributed by atoms with van der Waals surface area (Å²) in [5, 5.41) is 9.12. The molecule has 140 valence electrons. The smallest absolute Gasteiger partial charge is 0.0681 e. The first-order chi connectivity index (χ1) is 12.3. The molecule has 0 amide bonds. The van der Waals surface area contributed by atoms with E-state index in [1.165, 1.54) is 56.9 Å². The molecule has 2 atom stereocenters.